The molecule has 0 amide bonds. The summed E-state index contributed by atoms with van der Waals surface area (Å²) in [6, 6.07) is 6.16. The average molecular weight is 340 g/mol. The second-order valence-electron chi connectivity index (χ2n) is 4.49. The number of ether oxygens (including phenoxy) is 1. The lowest BCUT2D eigenvalue weighted by Crippen LogP contribution is -2.18. The van der Waals surface area contributed by atoms with Crippen molar-refractivity contribution in [1.82, 2.24) is 15.5 Å². The van der Waals surface area contributed by atoms with Gasteiger partial charge in [0.15, 0.2) is 12.4 Å². The molecule has 1 atom stereocenters. The van der Waals surface area contributed by atoms with Crippen LogP contribution in [0, 0.1) is 6.92 Å². The van der Waals surface area contributed by atoms with Gasteiger partial charge in [-0.15, -0.1) is 0 Å². The molecule has 0 spiro atoms. The molecule has 2 aromatic rings. The Kier molecular flexibility index (Phi) is 5.14. The maximum absolute atomic E-state index is 5.80. The lowest BCUT2D eigenvalue weighted by molar-refractivity contribution is 0.239. The third-order valence-corrected chi connectivity index (χ3v) is 3.36. The van der Waals surface area contributed by atoms with Crippen LogP contribution in [0.15, 0.2) is 27.2 Å². The highest BCUT2D eigenvalue weighted by Gasteiger charge is 2.13. The normalized spacial score (nSPS) is 12.4. The third kappa shape index (κ3) is 3.80. The first-order valence-electron chi connectivity index (χ1n) is 6.55. The summed E-state index contributed by atoms with van der Waals surface area (Å²) in [7, 11) is 0. The van der Waals surface area contributed by atoms with Crippen LogP contribution in [-0.2, 0) is 6.61 Å². The number of nitrogens with zero attached hydrogens (tertiary/aromatic N) is 2. The van der Waals surface area contributed by atoms with Gasteiger partial charge in [-0.3, -0.25) is 0 Å². The van der Waals surface area contributed by atoms with Crippen LogP contribution in [0.3, 0.4) is 0 Å². The first kappa shape index (κ1) is 15.0. The summed E-state index contributed by atoms with van der Waals surface area (Å²) in [6.07, 6.45) is 0. The van der Waals surface area contributed by atoms with Gasteiger partial charge < -0.3 is 14.6 Å². The van der Waals surface area contributed by atoms with E-state index in [2.05, 4.69) is 51.3 Å². The second-order valence-corrected chi connectivity index (χ2v) is 5.40. The van der Waals surface area contributed by atoms with Crippen LogP contribution in [0.5, 0.6) is 5.75 Å². The highest BCUT2D eigenvalue weighted by molar-refractivity contribution is 9.10. The van der Waals surface area contributed by atoms with Gasteiger partial charge in [0.2, 0.25) is 0 Å². The van der Waals surface area contributed by atoms with Crippen LogP contribution in [0.1, 0.15) is 37.2 Å². The van der Waals surface area contributed by atoms with Crippen molar-refractivity contribution < 1.29 is 9.26 Å². The van der Waals surface area contributed by atoms with Crippen LogP contribution < -0.4 is 10.1 Å². The summed E-state index contributed by atoms with van der Waals surface area (Å²) in [5.74, 6) is 1.91. The molecule has 0 bridgehead atoms. The van der Waals surface area contributed by atoms with Crippen molar-refractivity contribution in [3.05, 3.63) is 40.0 Å². The van der Waals surface area contributed by atoms with Crippen molar-refractivity contribution in [2.75, 3.05) is 6.54 Å². The lowest BCUT2D eigenvalue weighted by Gasteiger charge is -2.17. The first-order chi connectivity index (χ1) is 9.60. The van der Waals surface area contributed by atoms with Crippen molar-refractivity contribution in [3.63, 3.8) is 0 Å². The van der Waals surface area contributed by atoms with Gasteiger partial charge in [0.05, 0.1) is 0 Å². The van der Waals surface area contributed by atoms with E-state index in [1.807, 2.05) is 12.1 Å². The fourth-order valence-corrected chi connectivity index (χ4v) is 2.32. The molecule has 1 N–H and O–H groups in total. The van der Waals surface area contributed by atoms with E-state index in [0.29, 0.717) is 11.7 Å². The Labute approximate surface area is 126 Å². The van der Waals surface area contributed by atoms with Crippen molar-refractivity contribution in [3.8, 4) is 5.75 Å². The van der Waals surface area contributed by atoms with Gasteiger partial charge in [-0.1, -0.05) is 28.0 Å². The Morgan fingerprint density at radius 3 is 2.90 bits per heavy atom. The van der Waals surface area contributed by atoms with Crippen LogP contribution in [0.4, 0.5) is 0 Å². The minimum atomic E-state index is 0.205. The Hall–Kier alpha value is -1.40. The molecule has 1 aromatic heterocycles. The standard InChI is InChI=1S/C14H18BrN3O2/c1-4-16-9(2)12-7-11(15)5-6-13(12)19-8-14-17-10(3)18-20-14/h5-7,9,16H,4,8H2,1-3H3. The monoisotopic (exact) mass is 339 g/mol. The largest absolute Gasteiger partial charge is 0.483 e. The van der Waals surface area contributed by atoms with E-state index < -0.39 is 0 Å². The van der Waals surface area contributed by atoms with Gasteiger partial charge >= 0.3 is 0 Å². The number of benzene rings is 1. The van der Waals surface area contributed by atoms with E-state index in [4.69, 9.17) is 9.26 Å². The number of hydrogen-bond donors (Lipinski definition) is 1. The molecule has 0 aliphatic rings. The summed E-state index contributed by atoms with van der Waals surface area (Å²) in [5.41, 5.74) is 1.09. The van der Waals surface area contributed by atoms with Crippen LogP contribution in [0.25, 0.3) is 0 Å². The Morgan fingerprint density at radius 2 is 2.25 bits per heavy atom. The molecule has 1 aromatic carbocycles. The molecule has 1 unspecified atom stereocenters. The van der Waals surface area contributed by atoms with E-state index >= 15 is 0 Å². The molecular weight excluding hydrogens is 322 g/mol. The summed E-state index contributed by atoms with van der Waals surface area (Å²) in [5, 5.41) is 7.12. The summed E-state index contributed by atoms with van der Waals surface area (Å²) in [6.45, 7) is 7.14. The predicted octanol–water partition coefficient (Wildman–Crippen LogP) is 3.39. The number of aromatic nitrogens is 2. The molecule has 6 heteroatoms. The number of hydrogen-bond acceptors (Lipinski definition) is 5. The van der Waals surface area contributed by atoms with Gasteiger partial charge in [0.1, 0.15) is 5.75 Å². The van der Waals surface area contributed by atoms with Crippen molar-refractivity contribution in [1.29, 1.82) is 0 Å². The molecule has 2 rings (SSSR count). The van der Waals surface area contributed by atoms with E-state index in [1.165, 1.54) is 0 Å². The fourth-order valence-electron chi connectivity index (χ4n) is 1.94. The average Bonchev–Trinajstić information content (AvgIpc) is 2.83. The van der Waals surface area contributed by atoms with E-state index in [1.54, 1.807) is 6.92 Å². The quantitative estimate of drug-likeness (QED) is 0.873. The molecule has 1 heterocycles. The number of halogens is 1. The number of nitrogens with one attached hydrogen (secondary N) is 1. The van der Waals surface area contributed by atoms with Crippen molar-refractivity contribution >= 4 is 15.9 Å². The topological polar surface area (TPSA) is 60.2 Å². The highest BCUT2D eigenvalue weighted by atomic mass is 79.9. The maximum Gasteiger partial charge on any atom is 0.264 e. The van der Waals surface area contributed by atoms with Gasteiger partial charge in [-0.2, -0.15) is 4.98 Å². The first-order valence-corrected chi connectivity index (χ1v) is 7.34. The van der Waals surface area contributed by atoms with Crippen molar-refractivity contribution in [2.24, 2.45) is 0 Å². The minimum absolute atomic E-state index is 0.205. The van der Waals surface area contributed by atoms with Gasteiger partial charge in [0.25, 0.3) is 5.89 Å². The molecule has 0 saturated carbocycles. The van der Waals surface area contributed by atoms with Gasteiger partial charge in [-0.25, -0.2) is 0 Å². The zero-order chi connectivity index (χ0) is 14.5. The zero-order valence-electron chi connectivity index (χ0n) is 11.8. The van der Waals surface area contributed by atoms with Crippen molar-refractivity contribution in [2.45, 2.75) is 33.4 Å². The molecule has 0 aliphatic carbocycles. The predicted molar refractivity (Wildman–Crippen MR) is 79.6 cm³/mol. The maximum atomic E-state index is 5.80. The molecule has 108 valence electrons. The van der Waals surface area contributed by atoms with E-state index in [9.17, 15) is 0 Å². The third-order valence-electron chi connectivity index (χ3n) is 2.87. The Balaban J connectivity index is 2.13. The Bertz CT molecular complexity index is 571. The van der Waals surface area contributed by atoms with Crippen LogP contribution >= 0.6 is 15.9 Å². The molecule has 5 nitrogen and oxygen atoms in total. The molecular formula is C14H18BrN3O2. The molecule has 20 heavy (non-hydrogen) atoms. The Morgan fingerprint density at radius 1 is 1.45 bits per heavy atom. The molecule has 0 fully saturated rings. The number of rotatable bonds is 6. The molecule has 0 saturated heterocycles. The summed E-state index contributed by atoms with van der Waals surface area (Å²) < 4.78 is 11.9. The second kappa shape index (κ2) is 6.85. The van der Waals surface area contributed by atoms with Crippen LogP contribution in [-0.4, -0.2) is 16.7 Å². The lowest BCUT2D eigenvalue weighted by atomic mass is 10.1. The van der Waals surface area contributed by atoms with Crippen LogP contribution in [0.2, 0.25) is 0 Å². The SMILES string of the molecule is CCNC(C)c1cc(Br)ccc1OCc1nc(C)no1. The van der Waals surface area contributed by atoms with E-state index in [-0.39, 0.29) is 12.6 Å². The summed E-state index contributed by atoms with van der Waals surface area (Å²) >= 11 is 3.49. The highest BCUT2D eigenvalue weighted by Crippen LogP contribution is 2.29. The molecule has 0 aliphatic heterocycles. The fraction of sp³-hybridized carbons (Fsp3) is 0.429. The van der Waals surface area contributed by atoms with Gasteiger partial charge in [0, 0.05) is 16.1 Å². The van der Waals surface area contributed by atoms with E-state index in [0.717, 1.165) is 22.3 Å². The molecule has 0 radical (unpaired) electrons. The number of aryl methyl sites for hydroxylation is 1. The minimum Gasteiger partial charge on any atom is -0.483 e. The van der Waals surface area contributed by atoms with Gasteiger partial charge in [-0.05, 0) is 38.6 Å². The zero-order valence-corrected chi connectivity index (χ0v) is 13.4. The summed E-state index contributed by atoms with van der Waals surface area (Å²) in [4.78, 5) is 4.13. The smallest absolute Gasteiger partial charge is 0.264 e.